The number of hydrogen-bond acceptors (Lipinski definition) is 5. The van der Waals surface area contributed by atoms with Gasteiger partial charge in [-0.25, -0.2) is 0 Å². The third-order valence-electron chi connectivity index (χ3n) is 5.64. The number of amidine groups is 1. The standard InChI is InChI=1S/C21H23ClN4S/c1-14-13-26-20(19(24-21(26)27-14)17-6-2-3-9-23-17)15-7-8-18(16(22)12-15)25-10-4-5-11-25/h2-3,6-9,12,14,19-20H,4-5,10-11,13H2,1H3/t14-,19+,20-/m0/s1. The highest BCUT2D eigenvalue weighted by Crippen LogP contribution is 2.48. The van der Waals surface area contributed by atoms with Crippen LogP contribution in [0.2, 0.25) is 5.02 Å². The molecule has 5 rings (SSSR count). The first-order valence-electron chi connectivity index (χ1n) is 9.67. The minimum atomic E-state index is 0.0231. The lowest BCUT2D eigenvalue weighted by atomic mass is 9.96. The third kappa shape index (κ3) is 3.11. The Bertz CT molecular complexity index is 866. The van der Waals surface area contributed by atoms with Crippen molar-refractivity contribution in [3.05, 3.63) is 58.9 Å². The molecule has 140 valence electrons. The first-order valence-corrected chi connectivity index (χ1v) is 10.9. The zero-order valence-electron chi connectivity index (χ0n) is 15.4. The number of nitrogens with zero attached hydrogens (tertiary/aromatic N) is 4. The summed E-state index contributed by atoms with van der Waals surface area (Å²) in [7, 11) is 0. The van der Waals surface area contributed by atoms with Crippen molar-refractivity contribution in [2.24, 2.45) is 4.99 Å². The van der Waals surface area contributed by atoms with Gasteiger partial charge in [0.1, 0.15) is 6.04 Å². The number of pyridine rings is 1. The number of thioether (sulfide) groups is 1. The van der Waals surface area contributed by atoms with E-state index in [0.717, 1.165) is 41.2 Å². The second-order valence-electron chi connectivity index (χ2n) is 7.54. The van der Waals surface area contributed by atoms with Crippen molar-refractivity contribution in [3.63, 3.8) is 0 Å². The number of fused-ring (bicyclic) bond motifs is 1. The molecule has 1 aromatic carbocycles. The molecule has 0 saturated carbocycles. The topological polar surface area (TPSA) is 31.7 Å². The van der Waals surface area contributed by atoms with Crippen molar-refractivity contribution in [2.45, 2.75) is 37.1 Å². The summed E-state index contributed by atoms with van der Waals surface area (Å²) in [5.41, 5.74) is 3.42. The Kier molecular flexibility index (Phi) is 4.52. The molecule has 0 N–H and O–H groups in total. The number of aliphatic imine (C=N–C) groups is 1. The van der Waals surface area contributed by atoms with E-state index < -0.39 is 0 Å². The Hall–Kier alpha value is -1.72. The van der Waals surface area contributed by atoms with E-state index in [1.807, 2.05) is 30.1 Å². The van der Waals surface area contributed by atoms with E-state index in [9.17, 15) is 0 Å². The molecule has 3 aliphatic heterocycles. The van der Waals surface area contributed by atoms with Crippen LogP contribution in [0.3, 0.4) is 0 Å². The fourth-order valence-electron chi connectivity index (χ4n) is 4.40. The van der Waals surface area contributed by atoms with Crippen LogP contribution in [0.1, 0.15) is 43.1 Å². The molecule has 2 saturated heterocycles. The molecule has 0 radical (unpaired) electrons. The Morgan fingerprint density at radius 2 is 2.00 bits per heavy atom. The SMILES string of the molecule is C[C@H]1CN2C(=N[C@H](c3ccccn3)[C@@H]2c2ccc(N3CCCC3)c(Cl)c2)S1. The lowest BCUT2D eigenvalue weighted by Gasteiger charge is -2.28. The van der Waals surface area contributed by atoms with Crippen molar-refractivity contribution < 1.29 is 0 Å². The zero-order valence-corrected chi connectivity index (χ0v) is 17.0. The Labute approximate surface area is 169 Å². The molecule has 27 heavy (non-hydrogen) atoms. The van der Waals surface area contributed by atoms with Gasteiger partial charge < -0.3 is 9.80 Å². The predicted octanol–water partition coefficient (Wildman–Crippen LogP) is 4.92. The van der Waals surface area contributed by atoms with E-state index in [1.54, 1.807) is 0 Å². The van der Waals surface area contributed by atoms with Crippen LogP contribution in [-0.2, 0) is 0 Å². The quantitative estimate of drug-likeness (QED) is 0.734. The van der Waals surface area contributed by atoms with Crippen molar-refractivity contribution in [1.82, 2.24) is 9.88 Å². The van der Waals surface area contributed by atoms with Crippen LogP contribution >= 0.6 is 23.4 Å². The van der Waals surface area contributed by atoms with Gasteiger partial charge in [0.05, 0.1) is 22.4 Å². The highest BCUT2D eigenvalue weighted by molar-refractivity contribution is 8.14. The lowest BCUT2D eigenvalue weighted by molar-refractivity contribution is 0.321. The van der Waals surface area contributed by atoms with Gasteiger partial charge >= 0.3 is 0 Å². The summed E-state index contributed by atoms with van der Waals surface area (Å²) in [5.74, 6) is 0. The average Bonchev–Trinajstić information content (AvgIpc) is 3.38. The largest absolute Gasteiger partial charge is 0.370 e. The normalized spacial score (nSPS) is 27.2. The molecule has 3 atom stereocenters. The van der Waals surface area contributed by atoms with Gasteiger partial charge in [0.25, 0.3) is 0 Å². The summed E-state index contributed by atoms with van der Waals surface area (Å²) in [6.07, 6.45) is 4.36. The van der Waals surface area contributed by atoms with Crippen LogP contribution < -0.4 is 4.90 Å². The minimum absolute atomic E-state index is 0.0231. The molecule has 4 nitrogen and oxygen atoms in total. The number of halogens is 1. The Morgan fingerprint density at radius 1 is 1.15 bits per heavy atom. The fourth-order valence-corrected chi connectivity index (χ4v) is 5.80. The van der Waals surface area contributed by atoms with Crippen LogP contribution in [0.15, 0.2) is 47.6 Å². The molecule has 1 aromatic heterocycles. The van der Waals surface area contributed by atoms with Crippen molar-refractivity contribution >= 4 is 34.2 Å². The van der Waals surface area contributed by atoms with E-state index >= 15 is 0 Å². The average molecular weight is 399 g/mol. The van der Waals surface area contributed by atoms with Crippen LogP contribution in [0.5, 0.6) is 0 Å². The van der Waals surface area contributed by atoms with E-state index in [0.29, 0.717) is 5.25 Å². The Balaban J connectivity index is 1.52. The maximum absolute atomic E-state index is 6.73. The lowest BCUT2D eigenvalue weighted by Crippen LogP contribution is -2.28. The molecular formula is C21H23ClN4S. The number of anilines is 1. The smallest absolute Gasteiger partial charge is 0.160 e. The molecule has 2 fully saturated rings. The first kappa shape index (κ1) is 17.4. The molecule has 0 amide bonds. The van der Waals surface area contributed by atoms with Crippen LogP contribution in [0.4, 0.5) is 5.69 Å². The molecule has 2 aromatic rings. The summed E-state index contributed by atoms with van der Waals surface area (Å²) in [6.45, 7) is 5.49. The van der Waals surface area contributed by atoms with E-state index in [2.05, 4.69) is 46.0 Å². The van der Waals surface area contributed by atoms with Crippen LogP contribution in [-0.4, -0.2) is 39.9 Å². The van der Waals surface area contributed by atoms with Gasteiger partial charge in [0, 0.05) is 31.1 Å². The summed E-state index contributed by atoms with van der Waals surface area (Å²) in [4.78, 5) is 14.5. The monoisotopic (exact) mass is 398 g/mol. The van der Waals surface area contributed by atoms with Gasteiger partial charge in [0.2, 0.25) is 0 Å². The van der Waals surface area contributed by atoms with Gasteiger partial charge in [0.15, 0.2) is 5.17 Å². The molecular weight excluding hydrogens is 376 g/mol. The van der Waals surface area contributed by atoms with Gasteiger partial charge in [-0.05, 0) is 42.7 Å². The van der Waals surface area contributed by atoms with Gasteiger partial charge in [-0.15, -0.1) is 0 Å². The maximum atomic E-state index is 6.73. The van der Waals surface area contributed by atoms with E-state index in [4.69, 9.17) is 16.6 Å². The number of rotatable bonds is 3. The molecule has 0 bridgehead atoms. The molecule has 0 spiro atoms. The molecule has 4 heterocycles. The molecule has 3 aliphatic rings. The van der Waals surface area contributed by atoms with Crippen molar-refractivity contribution in [3.8, 4) is 0 Å². The number of aromatic nitrogens is 1. The summed E-state index contributed by atoms with van der Waals surface area (Å²) in [5, 5.41) is 2.56. The third-order valence-corrected chi connectivity index (χ3v) is 7.05. The second kappa shape index (κ2) is 7.02. The van der Waals surface area contributed by atoms with Crippen molar-refractivity contribution in [1.29, 1.82) is 0 Å². The summed E-state index contributed by atoms with van der Waals surface area (Å²) < 4.78 is 0. The molecule has 6 heteroatoms. The number of benzene rings is 1. The van der Waals surface area contributed by atoms with Gasteiger partial charge in [-0.2, -0.15) is 0 Å². The minimum Gasteiger partial charge on any atom is -0.370 e. The summed E-state index contributed by atoms with van der Waals surface area (Å²) >= 11 is 8.60. The highest BCUT2D eigenvalue weighted by atomic mass is 35.5. The van der Waals surface area contributed by atoms with Crippen LogP contribution in [0.25, 0.3) is 0 Å². The molecule has 0 aliphatic carbocycles. The van der Waals surface area contributed by atoms with Crippen LogP contribution in [0, 0.1) is 0 Å². The summed E-state index contributed by atoms with van der Waals surface area (Å²) in [6, 6.07) is 12.9. The Morgan fingerprint density at radius 3 is 2.74 bits per heavy atom. The predicted molar refractivity (Wildman–Crippen MR) is 114 cm³/mol. The zero-order chi connectivity index (χ0) is 18.4. The second-order valence-corrected chi connectivity index (χ2v) is 9.35. The maximum Gasteiger partial charge on any atom is 0.160 e. The van der Waals surface area contributed by atoms with Gasteiger partial charge in [-0.1, -0.05) is 42.4 Å². The van der Waals surface area contributed by atoms with Crippen molar-refractivity contribution in [2.75, 3.05) is 24.5 Å². The molecule has 0 unspecified atom stereocenters. The highest BCUT2D eigenvalue weighted by Gasteiger charge is 2.43. The first-order chi connectivity index (χ1) is 13.2. The van der Waals surface area contributed by atoms with E-state index in [1.165, 1.54) is 18.4 Å². The van der Waals surface area contributed by atoms with E-state index in [-0.39, 0.29) is 12.1 Å². The number of hydrogen-bond donors (Lipinski definition) is 0. The van der Waals surface area contributed by atoms with Gasteiger partial charge in [-0.3, -0.25) is 9.98 Å². The fraction of sp³-hybridized carbons (Fsp3) is 0.429.